The molecule has 0 bridgehead atoms. The zero-order valence-electron chi connectivity index (χ0n) is 13.9. The highest BCUT2D eigenvalue weighted by molar-refractivity contribution is 14.0. The van der Waals surface area contributed by atoms with Gasteiger partial charge in [0.25, 0.3) is 0 Å². The maximum atomic E-state index is 13.8. The largest absolute Gasteiger partial charge is 0.354 e. The third-order valence-corrected chi connectivity index (χ3v) is 4.49. The maximum Gasteiger partial charge on any atom is 0.191 e. The van der Waals surface area contributed by atoms with Crippen LogP contribution < -0.4 is 10.6 Å². The lowest BCUT2D eigenvalue weighted by Crippen LogP contribution is -2.48. The molecule has 7 heteroatoms. The van der Waals surface area contributed by atoms with Crippen molar-refractivity contribution in [3.8, 4) is 0 Å². The van der Waals surface area contributed by atoms with Crippen LogP contribution in [0.5, 0.6) is 0 Å². The number of piperidine rings is 1. The SMILES string of the molecule is C=CCN1CCC(NC(=NC)NCc2ccc(Br)cc2F)CC1.I. The maximum absolute atomic E-state index is 13.8. The van der Waals surface area contributed by atoms with E-state index in [4.69, 9.17) is 0 Å². The molecule has 1 fully saturated rings. The van der Waals surface area contributed by atoms with Crippen LogP contribution in [0.3, 0.4) is 0 Å². The Morgan fingerprint density at radius 1 is 1.46 bits per heavy atom. The van der Waals surface area contributed by atoms with Gasteiger partial charge in [-0.1, -0.05) is 28.1 Å². The van der Waals surface area contributed by atoms with Crippen molar-refractivity contribution in [2.24, 2.45) is 4.99 Å². The Balaban J connectivity index is 0.00000288. The summed E-state index contributed by atoms with van der Waals surface area (Å²) in [6, 6.07) is 5.48. The Morgan fingerprint density at radius 3 is 2.75 bits per heavy atom. The molecule has 0 saturated carbocycles. The van der Waals surface area contributed by atoms with Gasteiger partial charge in [-0.25, -0.2) is 4.39 Å². The smallest absolute Gasteiger partial charge is 0.191 e. The van der Waals surface area contributed by atoms with Gasteiger partial charge in [0.05, 0.1) is 0 Å². The molecular formula is C17H25BrFIN4. The summed E-state index contributed by atoms with van der Waals surface area (Å²) in [7, 11) is 1.74. The third kappa shape index (κ3) is 6.68. The lowest BCUT2D eigenvalue weighted by atomic mass is 10.1. The number of guanidine groups is 1. The van der Waals surface area contributed by atoms with Gasteiger partial charge in [-0.05, 0) is 25.0 Å². The number of benzene rings is 1. The van der Waals surface area contributed by atoms with Gasteiger partial charge in [0.1, 0.15) is 5.82 Å². The number of likely N-dealkylation sites (tertiary alicyclic amines) is 1. The van der Waals surface area contributed by atoms with Crippen LogP contribution in [0.4, 0.5) is 4.39 Å². The zero-order chi connectivity index (χ0) is 16.7. The predicted octanol–water partition coefficient (Wildman–Crippen LogP) is 3.52. The number of halogens is 3. The number of nitrogens with one attached hydrogen (secondary N) is 2. The van der Waals surface area contributed by atoms with Crippen molar-refractivity contribution in [1.82, 2.24) is 15.5 Å². The summed E-state index contributed by atoms with van der Waals surface area (Å²) in [5.41, 5.74) is 0.622. The Labute approximate surface area is 169 Å². The molecule has 0 aliphatic carbocycles. The summed E-state index contributed by atoms with van der Waals surface area (Å²) < 4.78 is 14.6. The fraction of sp³-hybridized carbons (Fsp3) is 0.471. The van der Waals surface area contributed by atoms with Crippen LogP contribution in [0.25, 0.3) is 0 Å². The molecule has 1 heterocycles. The molecule has 0 unspecified atom stereocenters. The van der Waals surface area contributed by atoms with Crippen molar-refractivity contribution in [3.05, 3.63) is 46.7 Å². The van der Waals surface area contributed by atoms with E-state index in [1.54, 1.807) is 13.1 Å². The van der Waals surface area contributed by atoms with E-state index in [0.29, 0.717) is 18.2 Å². The summed E-state index contributed by atoms with van der Waals surface area (Å²) in [6.07, 6.45) is 4.09. The van der Waals surface area contributed by atoms with E-state index in [9.17, 15) is 4.39 Å². The summed E-state index contributed by atoms with van der Waals surface area (Å²) in [5, 5.41) is 6.61. The second kappa shape index (κ2) is 11.0. The van der Waals surface area contributed by atoms with Crippen molar-refractivity contribution < 1.29 is 4.39 Å². The topological polar surface area (TPSA) is 39.7 Å². The van der Waals surface area contributed by atoms with Crippen LogP contribution in [0.2, 0.25) is 0 Å². The van der Waals surface area contributed by atoms with Crippen LogP contribution in [0, 0.1) is 5.82 Å². The summed E-state index contributed by atoms with van der Waals surface area (Å²) in [5.74, 6) is 0.495. The number of rotatable bonds is 5. The fourth-order valence-electron chi connectivity index (χ4n) is 2.67. The van der Waals surface area contributed by atoms with Gasteiger partial charge >= 0.3 is 0 Å². The van der Waals surface area contributed by atoms with Crippen LogP contribution in [0.1, 0.15) is 18.4 Å². The standard InChI is InChI=1S/C17H24BrFN4.HI/c1-3-8-23-9-6-15(7-10-23)22-17(20-2)21-12-13-4-5-14(18)11-16(13)19;/h3-5,11,15H,1,6-10,12H2,2H3,(H2,20,21,22);1H. The second-order valence-corrected chi connectivity index (χ2v) is 6.59. The third-order valence-electron chi connectivity index (χ3n) is 4.00. The Kier molecular flexibility index (Phi) is 9.84. The molecule has 134 valence electrons. The first-order valence-electron chi connectivity index (χ1n) is 7.86. The predicted molar refractivity (Wildman–Crippen MR) is 113 cm³/mol. The van der Waals surface area contributed by atoms with E-state index in [1.807, 2.05) is 12.1 Å². The quantitative estimate of drug-likeness (QED) is 0.275. The van der Waals surface area contributed by atoms with Crippen LogP contribution >= 0.6 is 39.9 Å². The Morgan fingerprint density at radius 2 is 2.17 bits per heavy atom. The van der Waals surface area contributed by atoms with Gasteiger partial charge in [-0.2, -0.15) is 0 Å². The fourth-order valence-corrected chi connectivity index (χ4v) is 3.01. The minimum absolute atomic E-state index is 0. The van der Waals surface area contributed by atoms with Gasteiger partial charge in [0.2, 0.25) is 0 Å². The van der Waals surface area contributed by atoms with Crippen LogP contribution in [-0.2, 0) is 6.54 Å². The monoisotopic (exact) mass is 510 g/mol. The molecule has 0 atom stereocenters. The Hall–Kier alpha value is -0.670. The molecule has 2 rings (SSSR count). The second-order valence-electron chi connectivity index (χ2n) is 5.67. The lowest BCUT2D eigenvalue weighted by Gasteiger charge is -2.32. The number of hydrogen-bond acceptors (Lipinski definition) is 2. The molecule has 1 aromatic carbocycles. The molecule has 1 saturated heterocycles. The number of hydrogen-bond donors (Lipinski definition) is 2. The first-order valence-corrected chi connectivity index (χ1v) is 8.66. The summed E-state index contributed by atoms with van der Waals surface area (Å²) in [6.45, 7) is 7.25. The van der Waals surface area contributed by atoms with E-state index in [2.05, 4.69) is 43.0 Å². The van der Waals surface area contributed by atoms with Crippen molar-refractivity contribution in [3.63, 3.8) is 0 Å². The van der Waals surface area contributed by atoms with Crippen molar-refractivity contribution >= 4 is 45.9 Å². The van der Waals surface area contributed by atoms with E-state index in [0.717, 1.165) is 42.9 Å². The van der Waals surface area contributed by atoms with Gasteiger partial charge < -0.3 is 10.6 Å². The summed E-state index contributed by atoms with van der Waals surface area (Å²) >= 11 is 3.27. The lowest BCUT2D eigenvalue weighted by molar-refractivity contribution is 0.225. The Bertz CT molecular complexity index is 560. The van der Waals surface area contributed by atoms with Gasteiger partial charge in [0, 0.05) is 49.3 Å². The molecular weight excluding hydrogens is 486 g/mol. The molecule has 0 amide bonds. The van der Waals surface area contributed by atoms with E-state index >= 15 is 0 Å². The normalized spacial score (nSPS) is 16.4. The van der Waals surface area contributed by atoms with Gasteiger partial charge in [0.15, 0.2) is 5.96 Å². The van der Waals surface area contributed by atoms with Crippen LogP contribution in [-0.4, -0.2) is 43.6 Å². The number of aliphatic imine (C=N–C) groups is 1. The first-order chi connectivity index (χ1) is 11.1. The van der Waals surface area contributed by atoms with Gasteiger partial charge in [-0.3, -0.25) is 9.89 Å². The molecule has 0 radical (unpaired) electrons. The first kappa shape index (κ1) is 21.4. The van der Waals surface area contributed by atoms with E-state index in [-0.39, 0.29) is 29.8 Å². The minimum Gasteiger partial charge on any atom is -0.354 e. The average molecular weight is 511 g/mol. The molecule has 1 aromatic rings. The highest BCUT2D eigenvalue weighted by atomic mass is 127. The molecule has 0 aromatic heterocycles. The van der Waals surface area contributed by atoms with Crippen molar-refractivity contribution in [2.75, 3.05) is 26.7 Å². The molecule has 2 N–H and O–H groups in total. The minimum atomic E-state index is -0.222. The molecule has 1 aliphatic heterocycles. The van der Waals surface area contributed by atoms with Crippen molar-refractivity contribution in [1.29, 1.82) is 0 Å². The molecule has 24 heavy (non-hydrogen) atoms. The molecule has 4 nitrogen and oxygen atoms in total. The molecule has 1 aliphatic rings. The molecule has 0 spiro atoms. The number of nitrogens with zero attached hydrogens (tertiary/aromatic N) is 2. The zero-order valence-corrected chi connectivity index (χ0v) is 17.8. The van der Waals surface area contributed by atoms with E-state index in [1.165, 1.54) is 6.07 Å². The van der Waals surface area contributed by atoms with Crippen LogP contribution in [0.15, 0.2) is 40.3 Å². The highest BCUT2D eigenvalue weighted by Gasteiger charge is 2.19. The summed E-state index contributed by atoms with van der Waals surface area (Å²) in [4.78, 5) is 6.62. The van der Waals surface area contributed by atoms with E-state index < -0.39 is 0 Å². The average Bonchev–Trinajstić information content (AvgIpc) is 2.54. The van der Waals surface area contributed by atoms with Gasteiger partial charge in [-0.15, -0.1) is 30.6 Å². The highest BCUT2D eigenvalue weighted by Crippen LogP contribution is 2.15. The van der Waals surface area contributed by atoms with Crippen molar-refractivity contribution in [2.45, 2.75) is 25.4 Å².